The second-order valence-electron chi connectivity index (χ2n) is 8.50. The number of nitrogens with zero attached hydrogens (tertiary/aromatic N) is 2. The van der Waals surface area contributed by atoms with E-state index >= 15 is 0 Å². The molecule has 0 spiro atoms. The van der Waals surface area contributed by atoms with E-state index in [2.05, 4.69) is 0 Å². The number of aryl methyl sites for hydroxylation is 5. The van der Waals surface area contributed by atoms with Crippen LogP contribution in [-0.4, -0.2) is 4.98 Å². The lowest BCUT2D eigenvalue weighted by Gasteiger charge is -2.16. The van der Waals surface area contributed by atoms with E-state index in [1.165, 1.54) is 0 Å². The average molecular weight is 391 g/mol. The van der Waals surface area contributed by atoms with E-state index in [0.717, 1.165) is 46.5 Å². The van der Waals surface area contributed by atoms with Crippen LogP contribution < -0.4 is 4.57 Å². The molecule has 0 unspecified atom stereocenters. The van der Waals surface area contributed by atoms with Gasteiger partial charge < -0.3 is 0 Å². The zero-order chi connectivity index (χ0) is 26.2. The smallest absolute Gasteiger partial charge is 0.213 e. The SMILES string of the molecule is [2H]C([2H])([2H])c1c[n+](C)c(-c2c(C)ccc3c2Cc2nc(C)cc(C([2H])([2H])[2H])c2-3)cc1C1([2H])CCCC1. The minimum atomic E-state index is -2.32. The Labute approximate surface area is 184 Å². The number of hydrogen-bond donors (Lipinski definition) is 0. The zero-order valence-corrected chi connectivity index (χ0v) is 17.3. The van der Waals surface area contributed by atoms with Crippen molar-refractivity contribution in [1.82, 2.24) is 4.98 Å². The van der Waals surface area contributed by atoms with Crippen molar-refractivity contribution in [3.63, 3.8) is 0 Å². The molecule has 0 radical (unpaired) electrons. The Morgan fingerprint density at radius 1 is 1.03 bits per heavy atom. The first-order valence-electron chi connectivity index (χ1n) is 13.9. The Morgan fingerprint density at radius 3 is 2.59 bits per heavy atom. The normalized spacial score (nSPS) is 21.1. The highest BCUT2D eigenvalue weighted by atomic mass is 14.9. The van der Waals surface area contributed by atoms with Crippen molar-refractivity contribution in [3.05, 3.63) is 69.7 Å². The van der Waals surface area contributed by atoms with Crippen molar-refractivity contribution >= 4 is 0 Å². The third-order valence-corrected chi connectivity index (χ3v) is 6.48. The van der Waals surface area contributed by atoms with E-state index in [1.807, 2.05) is 43.7 Å². The summed E-state index contributed by atoms with van der Waals surface area (Å²) >= 11 is 0. The van der Waals surface area contributed by atoms with Gasteiger partial charge in [-0.05, 0) is 80.2 Å². The number of aromatic nitrogens is 2. The predicted molar refractivity (Wildman–Crippen MR) is 119 cm³/mol. The number of hydrogen-bond acceptors (Lipinski definition) is 1. The Hall–Kier alpha value is -2.48. The molecule has 0 bridgehead atoms. The number of rotatable bonds is 2. The van der Waals surface area contributed by atoms with Crippen LogP contribution in [0.25, 0.3) is 22.4 Å². The molecule has 1 fully saturated rings. The van der Waals surface area contributed by atoms with Gasteiger partial charge in [-0.15, -0.1) is 0 Å². The molecule has 2 aliphatic rings. The third-order valence-electron chi connectivity index (χ3n) is 6.48. The van der Waals surface area contributed by atoms with Crippen molar-refractivity contribution < 1.29 is 14.2 Å². The summed E-state index contributed by atoms with van der Waals surface area (Å²) in [6.45, 7) is -0.739. The van der Waals surface area contributed by atoms with Crippen molar-refractivity contribution in [3.8, 4) is 22.4 Å². The van der Waals surface area contributed by atoms with Crippen LogP contribution in [0.1, 0.15) is 80.4 Å². The maximum absolute atomic E-state index is 9.17. The van der Waals surface area contributed by atoms with Gasteiger partial charge in [0, 0.05) is 38.9 Å². The highest BCUT2D eigenvalue weighted by Gasteiger charge is 2.30. The van der Waals surface area contributed by atoms with Gasteiger partial charge in [-0.25, -0.2) is 4.57 Å². The molecule has 2 aliphatic carbocycles. The molecule has 2 aromatic heterocycles. The van der Waals surface area contributed by atoms with E-state index in [0.29, 0.717) is 41.6 Å². The summed E-state index contributed by atoms with van der Waals surface area (Å²) in [5.74, 6) is -0.922. The molecule has 2 heterocycles. The first-order valence-corrected chi connectivity index (χ1v) is 10.4. The topological polar surface area (TPSA) is 16.8 Å². The summed E-state index contributed by atoms with van der Waals surface area (Å²) < 4.78 is 59.9. The molecular weight excluding hydrogens is 352 g/mol. The van der Waals surface area contributed by atoms with Crippen molar-refractivity contribution in [2.75, 3.05) is 0 Å². The van der Waals surface area contributed by atoms with E-state index < -0.39 is 19.6 Å². The molecule has 1 saturated carbocycles. The van der Waals surface area contributed by atoms with Gasteiger partial charge in [0.25, 0.3) is 0 Å². The second-order valence-corrected chi connectivity index (χ2v) is 8.50. The number of benzene rings is 1. The summed E-state index contributed by atoms with van der Waals surface area (Å²) in [7, 11) is 1.84. The Morgan fingerprint density at radius 2 is 1.83 bits per heavy atom. The van der Waals surface area contributed by atoms with Gasteiger partial charge in [0.05, 0.1) is 11.3 Å². The number of pyridine rings is 2. The maximum atomic E-state index is 9.17. The lowest BCUT2D eigenvalue weighted by atomic mass is 9.89. The molecule has 0 saturated heterocycles. The van der Waals surface area contributed by atoms with Crippen LogP contribution in [0.4, 0.5) is 0 Å². The van der Waals surface area contributed by atoms with E-state index in [1.54, 1.807) is 12.3 Å². The molecule has 2 nitrogen and oxygen atoms in total. The van der Waals surface area contributed by atoms with Gasteiger partial charge in [0.1, 0.15) is 7.05 Å². The van der Waals surface area contributed by atoms with E-state index in [-0.39, 0.29) is 5.56 Å². The largest absolute Gasteiger partial charge is 0.257 e. The predicted octanol–water partition coefficient (Wildman–Crippen LogP) is 6.04. The van der Waals surface area contributed by atoms with Gasteiger partial charge in [0.15, 0.2) is 6.20 Å². The molecule has 3 aromatic rings. The third kappa shape index (κ3) is 2.92. The molecule has 29 heavy (non-hydrogen) atoms. The van der Waals surface area contributed by atoms with Crippen LogP contribution in [0.15, 0.2) is 30.5 Å². The van der Waals surface area contributed by atoms with E-state index in [4.69, 9.17) is 13.2 Å². The summed E-state index contributed by atoms with van der Waals surface area (Å²) in [6, 6.07) is 7.55. The highest BCUT2D eigenvalue weighted by Crippen LogP contribution is 2.44. The van der Waals surface area contributed by atoms with Gasteiger partial charge in [-0.3, -0.25) is 4.98 Å². The van der Waals surface area contributed by atoms with Gasteiger partial charge >= 0.3 is 0 Å². The monoisotopic (exact) mass is 390 g/mol. The Kier molecular flexibility index (Phi) is 2.87. The molecule has 2 heteroatoms. The van der Waals surface area contributed by atoms with Crippen molar-refractivity contribution in [1.29, 1.82) is 0 Å². The lowest BCUT2D eigenvalue weighted by molar-refractivity contribution is -0.660. The molecule has 148 valence electrons. The van der Waals surface area contributed by atoms with Crippen LogP contribution in [-0.2, 0) is 13.5 Å². The minimum Gasteiger partial charge on any atom is -0.257 e. The molecular formula is C27H31N2+. The van der Waals surface area contributed by atoms with Crippen molar-refractivity contribution in [2.24, 2.45) is 7.05 Å². The molecule has 0 aliphatic heterocycles. The summed E-state index contributed by atoms with van der Waals surface area (Å²) in [6.07, 6.45) is 5.30. The fourth-order valence-corrected chi connectivity index (χ4v) is 5.13. The Balaban J connectivity index is 1.78. The first-order chi connectivity index (χ1) is 16.7. The molecule has 0 amide bonds. The van der Waals surface area contributed by atoms with Gasteiger partial charge in [0.2, 0.25) is 5.69 Å². The van der Waals surface area contributed by atoms with Gasteiger partial charge in [-0.1, -0.05) is 25.0 Å². The van der Waals surface area contributed by atoms with Gasteiger partial charge in [-0.2, -0.15) is 0 Å². The first kappa shape index (κ1) is 12.3. The minimum absolute atomic E-state index is 0.237. The molecule has 0 N–H and O–H groups in total. The fourth-order valence-electron chi connectivity index (χ4n) is 5.13. The maximum Gasteiger partial charge on any atom is 0.213 e. The lowest BCUT2D eigenvalue weighted by Crippen LogP contribution is -2.32. The fraction of sp³-hybridized carbons (Fsp3) is 0.407. The van der Waals surface area contributed by atoms with Crippen LogP contribution in [0, 0.1) is 27.6 Å². The quantitative estimate of drug-likeness (QED) is 0.382. The molecule has 1 aromatic carbocycles. The summed E-state index contributed by atoms with van der Waals surface area (Å²) in [5.41, 5.74) is 7.95. The molecule has 0 atom stereocenters. The van der Waals surface area contributed by atoms with Crippen LogP contribution in [0.5, 0.6) is 0 Å². The molecule has 5 rings (SSSR count). The van der Waals surface area contributed by atoms with E-state index in [9.17, 15) is 1.37 Å². The Bertz CT molecular complexity index is 1380. The average Bonchev–Trinajstić information content (AvgIpc) is 3.36. The van der Waals surface area contributed by atoms with Crippen LogP contribution >= 0.6 is 0 Å². The highest BCUT2D eigenvalue weighted by molar-refractivity contribution is 5.85. The van der Waals surface area contributed by atoms with Crippen LogP contribution in [0.2, 0.25) is 0 Å². The standard InChI is InChI=1S/C27H31N2/c1-16-10-11-21-23(13-24-26(21)17(2)12-19(4)28-24)27(16)25-14-22(18(3)15-29(25)5)20-8-6-7-9-20/h10-12,14-15,20H,6-9,13H2,1-5H3/q+1/i2D3,3D3,20D. The van der Waals surface area contributed by atoms with Crippen LogP contribution in [0.3, 0.4) is 0 Å². The summed E-state index contributed by atoms with van der Waals surface area (Å²) in [5, 5.41) is 0. The van der Waals surface area contributed by atoms with Crippen molar-refractivity contribution in [2.45, 2.75) is 65.5 Å². The second kappa shape index (κ2) is 6.79. The summed E-state index contributed by atoms with van der Waals surface area (Å²) in [4.78, 5) is 4.71. The number of fused-ring (bicyclic) bond motifs is 3. The zero-order valence-electron chi connectivity index (χ0n) is 24.3.